The van der Waals surface area contributed by atoms with Crippen molar-refractivity contribution < 1.29 is 18.0 Å². The molecule has 0 aromatic rings. The molecule has 1 aliphatic rings. The van der Waals surface area contributed by atoms with Crippen LogP contribution >= 0.6 is 11.9 Å². The van der Waals surface area contributed by atoms with Crippen LogP contribution in [0, 0.1) is 0 Å². The Labute approximate surface area is 146 Å². The highest BCUT2D eigenvalue weighted by Crippen LogP contribution is 2.19. The summed E-state index contributed by atoms with van der Waals surface area (Å²) in [7, 11) is -3.36. The standard InChI is InChI=1S/C13H25N5O4S2/c1-9-11(23-18-15-9)12(20)17-16-10(19)7-5-6-8-14-24(21,22)13(2,3)4/h14-15,18H,5-8H2,1-4H3,(H,16,19)(H,17,20). The normalized spacial score (nSPS) is 15.2. The van der Waals surface area contributed by atoms with Gasteiger partial charge < -0.3 is 5.43 Å². The number of hydrogen-bond donors (Lipinski definition) is 5. The molecule has 0 aromatic heterocycles. The number of carbonyl (C=O) groups is 2. The first-order valence-electron chi connectivity index (χ1n) is 7.52. The summed E-state index contributed by atoms with van der Waals surface area (Å²) in [6, 6.07) is 0. The van der Waals surface area contributed by atoms with Crippen LogP contribution in [-0.4, -0.2) is 31.5 Å². The molecule has 5 N–H and O–H groups in total. The van der Waals surface area contributed by atoms with Gasteiger partial charge >= 0.3 is 0 Å². The lowest BCUT2D eigenvalue weighted by Crippen LogP contribution is -2.42. The van der Waals surface area contributed by atoms with E-state index in [4.69, 9.17) is 0 Å². The second-order valence-corrected chi connectivity index (χ2v) is 9.59. The van der Waals surface area contributed by atoms with Crippen molar-refractivity contribution in [2.45, 2.75) is 51.7 Å². The molecule has 1 rings (SSSR count). The summed E-state index contributed by atoms with van der Waals surface area (Å²) in [5.74, 6) is -0.731. The predicted octanol–water partition coefficient (Wildman–Crippen LogP) is 0.00950. The molecule has 11 heteroatoms. The van der Waals surface area contributed by atoms with Gasteiger partial charge in [-0.15, -0.1) is 0 Å². The Morgan fingerprint density at radius 2 is 1.83 bits per heavy atom. The van der Waals surface area contributed by atoms with Crippen LogP contribution in [0.1, 0.15) is 47.0 Å². The van der Waals surface area contributed by atoms with Crippen molar-refractivity contribution in [3.8, 4) is 0 Å². The fraction of sp³-hybridized carbons (Fsp3) is 0.692. The Hall–Kier alpha value is -1.30. The van der Waals surface area contributed by atoms with E-state index in [1.165, 1.54) is 0 Å². The van der Waals surface area contributed by atoms with Gasteiger partial charge in [0.2, 0.25) is 15.9 Å². The molecule has 24 heavy (non-hydrogen) atoms. The van der Waals surface area contributed by atoms with E-state index in [1.807, 2.05) is 0 Å². The van der Waals surface area contributed by atoms with Gasteiger partial charge in [0.15, 0.2) is 0 Å². The molecule has 1 aliphatic heterocycles. The zero-order valence-corrected chi connectivity index (χ0v) is 15.9. The molecular weight excluding hydrogens is 354 g/mol. The van der Waals surface area contributed by atoms with Crippen LogP contribution in [0.3, 0.4) is 0 Å². The number of allylic oxidation sites excluding steroid dienone is 1. The maximum atomic E-state index is 11.8. The molecule has 0 atom stereocenters. The Bertz CT molecular complexity index is 610. The summed E-state index contributed by atoms with van der Waals surface area (Å²) in [5, 5.41) is 0. The van der Waals surface area contributed by atoms with E-state index in [-0.39, 0.29) is 18.9 Å². The molecule has 9 nitrogen and oxygen atoms in total. The lowest BCUT2D eigenvalue weighted by Gasteiger charge is -2.19. The van der Waals surface area contributed by atoms with Crippen molar-refractivity contribution in [3.63, 3.8) is 0 Å². The van der Waals surface area contributed by atoms with Crippen molar-refractivity contribution in [1.29, 1.82) is 0 Å². The van der Waals surface area contributed by atoms with E-state index in [1.54, 1.807) is 27.7 Å². The molecule has 0 saturated heterocycles. The van der Waals surface area contributed by atoms with Crippen LogP contribution in [0.4, 0.5) is 0 Å². The lowest BCUT2D eigenvalue weighted by molar-refractivity contribution is -0.126. The fourth-order valence-electron chi connectivity index (χ4n) is 1.58. The molecule has 0 saturated carbocycles. The third kappa shape index (κ3) is 6.30. The van der Waals surface area contributed by atoms with Gasteiger partial charge in [-0.05, 0) is 52.5 Å². The minimum absolute atomic E-state index is 0.194. The van der Waals surface area contributed by atoms with Gasteiger partial charge in [0.25, 0.3) is 5.91 Å². The largest absolute Gasteiger partial charge is 0.315 e. The molecule has 1 heterocycles. The van der Waals surface area contributed by atoms with E-state index in [0.29, 0.717) is 23.4 Å². The van der Waals surface area contributed by atoms with Crippen LogP contribution in [0.2, 0.25) is 0 Å². The van der Waals surface area contributed by atoms with Gasteiger partial charge in [0.1, 0.15) is 4.91 Å². The SMILES string of the molecule is CC1=C(C(=O)NNC(=O)CCCCNS(=O)(=O)C(C)(C)C)SNN1. The molecule has 2 amide bonds. The van der Waals surface area contributed by atoms with Gasteiger partial charge in [0.05, 0.1) is 4.75 Å². The third-order valence-corrected chi connectivity index (χ3v) is 6.28. The molecule has 0 aliphatic carbocycles. The maximum absolute atomic E-state index is 11.8. The van der Waals surface area contributed by atoms with E-state index >= 15 is 0 Å². The van der Waals surface area contributed by atoms with Gasteiger partial charge in [0, 0.05) is 18.7 Å². The zero-order chi connectivity index (χ0) is 18.4. The van der Waals surface area contributed by atoms with Gasteiger partial charge in [-0.1, -0.05) is 0 Å². The smallest absolute Gasteiger partial charge is 0.279 e. The third-order valence-electron chi connectivity index (χ3n) is 3.18. The number of carbonyl (C=O) groups excluding carboxylic acids is 2. The first-order valence-corrected chi connectivity index (χ1v) is 9.81. The van der Waals surface area contributed by atoms with E-state index in [2.05, 4.69) is 25.8 Å². The molecule has 138 valence electrons. The summed E-state index contributed by atoms with van der Waals surface area (Å²) in [6.45, 7) is 6.88. The van der Waals surface area contributed by atoms with Crippen molar-refractivity contribution in [2.75, 3.05) is 6.54 Å². The summed E-state index contributed by atoms with van der Waals surface area (Å²) >= 11 is 1.13. The summed E-state index contributed by atoms with van der Waals surface area (Å²) in [6.07, 6.45) is 1.23. The molecule has 0 unspecified atom stereocenters. The summed E-state index contributed by atoms with van der Waals surface area (Å²) in [4.78, 5) is 26.6. The van der Waals surface area contributed by atoms with E-state index < -0.39 is 20.7 Å². The number of rotatable bonds is 7. The quantitative estimate of drug-likeness (QED) is 0.239. The second kappa shape index (κ2) is 8.70. The first-order chi connectivity index (χ1) is 11.0. The highest BCUT2D eigenvalue weighted by Gasteiger charge is 2.28. The molecule has 0 aromatic carbocycles. The van der Waals surface area contributed by atoms with Crippen molar-refractivity contribution >= 4 is 33.8 Å². The molecular formula is C13H25N5O4S2. The van der Waals surface area contributed by atoms with E-state index in [9.17, 15) is 18.0 Å². The van der Waals surface area contributed by atoms with Crippen LogP contribution in [0.15, 0.2) is 10.6 Å². The second-order valence-electron chi connectivity index (χ2n) is 6.25. The van der Waals surface area contributed by atoms with Gasteiger partial charge in [-0.3, -0.25) is 20.4 Å². The highest BCUT2D eigenvalue weighted by molar-refractivity contribution is 8.02. The van der Waals surface area contributed by atoms with Crippen molar-refractivity contribution in [2.24, 2.45) is 0 Å². The monoisotopic (exact) mass is 379 g/mol. The fourth-order valence-corrected chi connectivity index (χ4v) is 3.08. The predicted molar refractivity (Wildman–Crippen MR) is 93.4 cm³/mol. The first kappa shape index (κ1) is 20.7. The minimum atomic E-state index is -3.36. The average molecular weight is 380 g/mol. The number of unbranched alkanes of at least 4 members (excludes halogenated alkanes) is 1. The Kier molecular flexibility index (Phi) is 7.52. The number of hydrazine groups is 2. The van der Waals surface area contributed by atoms with Crippen LogP contribution in [-0.2, 0) is 19.6 Å². The molecule has 0 fully saturated rings. The Morgan fingerprint density at radius 3 is 2.38 bits per heavy atom. The lowest BCUT2D eigenvalue weighted by atomic mass is 10.2. The van der Waals surface area contributed by atoms with Crippen molar-refractivity contribution in [1.82, 2.24) is 25.8 Å². The van der Waals surface area contributed by atoms with Crippen LogP contribution in [0.5, 0.6) is 0 Å². The highest BCUT2D eigenvalue weighted by atomic mass is 32.2. The van der Waals surface area contributed by atoms with Crippen LogP contribution < -0.4 is 25.8 Å². The van der Waals surface area contributed by atoms with Crippen LogP contribution in [0.25, 0.3) is 0 Å². The number of sulfonamides is 1. The minimum Gasteiger partial charge on any atom is -0.315 e. The van der Waals surface area contributed by atoms with Gasteiger partial charge in [-0.25, -0.2) is 13.1 Å². The Morgan fingerprint density at radius 1 is 1.17 bits per heavy atom. The summed E-state index contributed by atoms with van der Waals surface area (Å²) in [5.41, 5.74) is 8.11. The van der Waals surface area contributed by atoms with Crippen molar-refractivity contribution in [3.05, 3.63) is 10.6 Å². The maximum Gasteiger partial charge on any atom is 0.279 e. The number of amides is 2. The molecule has 0 spiro atoms. The molecule has 0 bridgehead atoms. The number of hydrogen-bond acceptors (Lipinski definition) is 7. The summed E-state index contributed by atoms with van der Waals surface area (Å²) < 4.78 is 25.3. The zero-order valence-electron chi connectivity index (χ0n) is 14.3. The topological polar surface area (TPSA) is 128 Å². The Balaban J connectivity index is 2.19. The number of nitrogens with one attached hydrogen (secondary N) is 5. The van der Waals surface area contributed by atoms with E-state index in [0.717, 1.165) is 11.9 Å². The van der Waals surface area contributed by atoms with Gasteiger partial charge in [-0.2, -0.15) is 4.83 Å². The average Bonchev–Trinajstić information content (AvgIpc) is 2.89. The molecule has 0 radical (unpaired) electrons.